The monoisotopic (exact) mass is 338 g/mol. The maximum atomic E-state index is 12.7. The number of hydrogen-bond acceptors (Lipinski definition) is 2. The largest absolute Gasteiger partial charge is 0.399 e. The average molecular weight is 338 g/mol. The first-order chi connectivity index (χ1) is 12.0. The number of hydrogen-bond donors (Lipinski definition) is 1. The van der Waals surface area contributed by atoms with Crippen LogP contribution >= 0.6 is 0 Å². The lowest BCUT2D eigenvalue weighted by molar-refractivity contribution is 0.287. The van der Waals surface area contributed by atoms with Gasteiger partial charge in [0.1, 0.15) is 0 Å². The highest BCUT2D eigenvalue weighted by molar-refractivity contribution is 5.52. The molecule has 3 rings (SSSR count). The predicted molar refractivity (Wildman–Crippen MR) is 105 cm³/mol. The van der Waals surface area contributed by atoms with Crippen molar-refractivity contribution in [3.8, 4) is 5.69 Å². The van der Waals surface area contributed by atoms with Gasteiger partial charge in [-0.2, -0.15) is 0 Å². The molecule has 1 fully saturated rings. The Morgan fingerprint density at radius 3 is 2.48 bits per heavy atom. The van der Waals surface area contributed by atoms with E-state index in [1.54, 1.807) is 4.57 Å². The maximum Gasteiger partial charge on any atom is 0.255 e. The van der Waals surface area contributed by atoms with Crippen LogP contribution in [-0.4, -0.2) is 4.57 Å². The maximum absolute atomic E-state index is 12.7. The zero-order valence-electron chi connectivity index (χ0n) is 15.7. The number of rotatable bonds is 2. The zero-order chi connectivity index (χ0) is 18.0. The summed E-state index contributed by atoms with van der Waals surface area (Å²) in [7, 11) is 0. The molecule has 2 N–H and O–H groups in total. The van der Waals surface area contributed by atoms with Crippen LogP contribution in [0.2, 0.25) is 0 Å². The second-order valence-corrected chi connectivity index (χ2v) is 7.87. The first kappa shape index (κ1) is 17.8. The quantitative estimate of drug-likeness (QED) is 0.779. The van der Waals surface area contributed by atoms with E-state index >= 15 is 0 Å². The summed E-state index contributed by atoms with van der Waals surface area (Å²) in [6.07, 6.45) is 8.13. The van der Waals surface area contributed by atoms with E-state index in [9.17, 15) is 4.79 Å². The molecule has 0 spiro atoms. The van der Waals surface area contributed by atoms with E-state index in [1.807, 2.05) is 37.4 Å². The van der Waals surface area contributed by atoms with Crippen LogP contribution in [0.15, 0.2) is 41.3 Å². The minimum absolute atomic E-state index is 0.0464. The van der Waals surface area contributed by atoms with Gasteiger partial charge in [0.05, 0.1) is 0 Å². The number of nitrogens with two attached hydrogens (primary N) is 1. The molecule has 0 bridgehead atoms. The van der Waals surface area contributed by atoms with Crippen LogP contribution in [0.1, 0.15) is 63.0 Å². The third kappa shape index (κ3) is 3.97. The lowest BCUT2D eigenvalue weighted by atomic mass is 9.78. The molecule has 1 aliphatic carbocycles. The van der Waals surface area contributed by atoms with Crippen molar-refractivity contribution in [1.82, 2.24) is 4.57 Å². The van der Waals surface area contributed by atoms with Crippen molar-refractivity contribution in [2.24, 2.45) is 11.8 Å². The van der Waals surface area contributed by atoms with Gasteiger partial charge in [0.25, 0.3) is 5.56 Å². The molecule has 3 atom stereocenters. The number of benzene rings is 1. The van der Waals surface area contributed by atoms with Gasteiger partial charge in [-0.1, -0.05) is 26.7 Å². The van der Waals surface area contributed by atoms with E-state index in [2.05, 4.69) is 19.9 Å². The van der Waals surface area contributed by atoms with Crippen LogP contribution in [-0.2, 0) is 0 Å². The first-order valence-electron chi connectivity index (χ1n) is 9.55. The molecule has 0 saturated heterocycles. The van der Waals surface area contributed by atoms with Crippen LogP contribution in [0.4, 0.5) is 5.69 Å². The number of nitrogens with zero attached hydrogens (tertiary/aromatic N) is 1. The van der Waals surface area contributed by atoms with Gasteiger partial charge in [0.2, 0.25) is 0 Å². The van der Waals surface area contributed by atoms with Crippen LogP contribution < -0.4 is 11.3 Å². The predicted octanol–water partition coefficient (Wildman–Crippen LogP) is 5.05. The smallest absolute Gasteiger partial charge is 0.255 e. The topological polar surface area (TPSA) is 48.0 Å². The van der Waals surface area contributed by atoms with Gasteiger partial charge < -0.3 is 5.73 Å². The van der Waals surface area contributed by atoms with Crippen LogP contribution in [0, 0.1) is 18.8 Å². The molecule has 25 heavy (non-hydrogen) atoms. The molecule has 3 heteroatoms. The summed E-state index contributed by atoms with van der Waals surface area (Å²) in [5.74, 6) is 2.12. The van der Waals surface area contributed by atoms with Gasteiger partial charge in [-0.15, -0.1) is 0 Å². The molecular formula is C22H30N2O. The fourth-order valence-corrected chi connectivity index (χ4v) is 3.97. The highest BCUT2D eigenvalue weighted by Gasteiger charge is 2.21. The molecule has 1 aliphatic rings. The summed E-state index contributed by atoms with van der Waals surface area (Å²) in [5.41, 5.74) is 9.77. The van der Waals surface area contributed by atoms with Gasteiger partial charge in [0.15, 0.2) is 0 Å². The normalized spacial score (nSPS) is 24.5. The SMILES string of the molecule is Cc1cc(-n2ccc(C3CCCC(C)C(C)CC3)cc2=O)ccc1N. The van der Waals surface area contributed by atoms with E-state index in [0.717, 1.165) is 28.8 Å². The Morgan fingerprint density at radius 2 is 1.76 bits per heavy atom. The summed E-state index contributed by atoms with van der Waals surface area (Å²) in [6, 6.07) is 9.71. The standard InChI is InChI=1S/C22H30N2O/c1-15-5-4-6-18(8-7-16(15)2)19-11-12-24(22(25)14-19)20-9-10-21(23)17(3)13-20/h9-16,18H,4-8,23H2,1-3H3. The third-order valence-electron chi connectivity index (χ3n) is 6.10. The van der Waals surface area contributed by atoms with E-state index in [0.29, 0.717) is 5.92 Å². The summed E-state index contributed by atoms with van der Waals surface area (Å²) in [6.45, 7) is 6.71. The Labute approximate surface area is 150 Å². The summed E-state index contributed by atoms with van der Waals surface area (Å²) < 4.78 is 1.71. The molecule has 134 valence electrons. The molecular weight excluding hydrogens is 308 g/mol. The van der Waals surface area contributed by atoms with Gasteiger partial charge in [-0.3, -0.25) is 9.36 Å². The minimum atomic E-state index is 0.0464. The number of pyridine rings is 1. The van der Waals surface area contributed by atoms with Crippen molar-refractivity contribution in [3.63, 3.8) is 0 Å². The lowest BCUT2D eigenvalue weighted by Gasteiger charge is -2.27. The molecule has 0 amide bonds. The highest BCUT2D eigenvalue weighted by atomic mass is 16.1. The Kier molecular flexibility index (Phi) is 5.31. The number of aryl methyl sites for hydroxylation is 1. The summed E-state index contributed by atoms with van der Waals surface area (Å²) in [4.78, 5) is 12.7. The Morgan fingerprint density at radius 1 is 1.00 bits per heavy atom. The molecule has 1 aromatic heterocycles. The van der Waals surface area contributed by atoms with Crippen molar-refractivity contribution in [3.05, 3.63) is 58.0 Å². The van der Waals surface area contributed by atoms with Crippen LogP contribution in [0.25, 0.3) is 5.69 Å². The van der Waals surface area contributed by atoms with Gasteiger partial charge in [-0.25, -0.2) is 0 Å². The summed E-state index contributed by atoms with van der Waals surface area (Å²) >= 11 is 0. The molecule has 3 nitrogen and oxygen atoms in total. The molecule has 3 unspecified atom stereocenters. The number of nitrogen functional groups attached to an aromatic ring is 1. The minimum Gasteiger partial charge on any atom is -0.399 e. The second kappa shape index (κ2) is 7.47. The average Bonchev–Trinajstić information content (AvgIpc) is 2.58. The van der Waals surface area contributed by atoms with Crippen molar-refractivity contribution in [1.29, 1.82) is 0 Å². The fraction of sp³-hybridized carbons (Fsp3) is 0.500. The van der Waals surface area contributed by atoms with E-state index in [4.69, 9.17) is 5.73 Å². The molecule has 1 heterocycles. The van der Waals surface area contributed by atoms with Crippen molar-refractivity contribution in [2.45, 2.75) is 58.8 Å². The van der Waals surface area contributed by atoms with Gasteiger partial charge in [-0.05, 0) is 79.3 Å². The molecule has 2 aromatic rings. The molecule has 0 radical (unpaired) electrons. The molecule has 1 saturated carbocycles. The van der Waals surface area contributed by atoms with Gasteiger partial charge in [0, 0.05) is 23.6 Å². The molecule has 1 aromatic carbocycles. The summed E-state index contributed by atoms with van der Waals surface area (Å²) in [5, 5.41) is 0. The zero-order valence-corrected chi connectivity index (χ0v) is 15.7. The lowest BCUT2D eigenvalue weighted by Crippen LogP contribution is -2.19. The van der Waals surface area contributed by atoms with E-state index < -0.39 is 0 Å². The van der Waals surface area contributed by atoms with E-state index in [1.165, 1.54) is 37.7 Å². The Hall–Kier alpha value is -2.03. The van der Waals surface area contributed by atoms with Crippen LogP contribution in [0.3, 0.4) is 0 Å². The van der Waals surface area contributed by atoms with Crippen molar-refractivity contribution < 1.29 is 0 Å². The fourth-order valence-electron chi connectivity index (χ4n) is 3.97. The Balaban J connectivity index is 1.84. The molecule has 0 aliphatic heterocycles. The number of aromatic nitrogens is 1. The first-order valence-corrected chi connectivity index (χ1v) is 9.55. The van der Waals surface area contributed by atoms with Crippen LogP contribution in [0.5, 0.6) is 0 Å². The van der Waals surface area contributed by atoms with Crippen molar-refractivity contribution >= 4 is 5.69 Å². The van der Waals surface area contributed by atoms with Crippen molar-refractivity contribution in [2.75, 3.05) is 5.73 Å². The third-order valence-corrected chi connectivity index (χ3v) is 6.10. The highest BCUT2D eigenvalue weighted by Crippen LogP contribution is 2.34. The number of anilines is 1. The second-order valence-electron chi connectivity index (χ2n) is 7.87. The van der Waals surface area contributed by atoms with E-state index in [-0.39, 0.29) is 5.56 Å². The Bertz CT molecular complexity index is 793. The van der Waals surface area contributed by atoms with Gasteiger partial charge >= 0.3 is 0 Å².